The van der Waals surface area contributed by atoms with Gasteiger partial charge in [0.25, 0.3) is 0 Å². The van der Waals surface area contributed by atoms with Gasteiger partial charge in [0.1, 0.15) is 6.04 Å². The lowest BCUT2D eigenvalue weighted by Gasteiger charge is -2.30. The monoisotopic (exact) mass is 178 g/mol. The third kappa shape index (κ3) is 2.42. The van der Waals surface area contributed by atoms with E-state index < -0.39 is 30.3 Å². The van der Waals surface area contributed by atoms with Crippen molar-refractivity contribution in [1.82, 2.24) is 0 Å². The minimum atomic E-state index is -1.48. The van der Waals surface area contributed by atoms with Crippen LogP contribution in [-0.2, 0) is 4.79 Å². The molecule has 0 saturated heterocycles. The number of hydrogen-bond acceptors (Lipinski definition) is 5. The Morgan fingerprint density at radius 2 is 2.08 bits per heavy atom. The Kier molecular flexibility index (Phi) is 3.59. The van der Waals surface area contributed by atoms with Crippen LogP contribution in [0.3, 0.4) is 0 Å². The van der Waals surface area contributed by atoms with Crippen LogP contribution in [0.15, 0.2) is 0 Å². The number of rotatable bonds is 4. The van der Waals surface area contributed by atoms with E-state index in [2.05, 4.69) is 0 Å². The molecule has 0 rings (SSSR count). The van der Waals surface area contributed by atoms with Gasteiger partial charge >= 0.3 is 5.97 Å². The molecular formula is C6H14N2O4. The van der Waals surface area contributed by atoms with Crippen LogP contribution in [0, 0.1) is 0 Å². The highest BCUT2D eigenvalue weighted by Gasteiger charge is 2.36. The van der Waals surface area contributed by atoms with Crippen LogP contribution >= 0.6 is 0 Å². The second-order valence-electron chi connectivity index (χ2n) is 2.97. The molecule has 0 heterocycles. The zero-order valence-corrected chi connectivity index (χ0v) is 6.77. The van der Waals surface area contributed by atoms with Crippen LogP contribution in [0.25, 0.3) is 0 Å². The highest BCUT2D eigenvalue weighted by atomic mass is 16.4. The standard InChI is InChI=1S/C6H14N2O4/c1-6(8,2-9)4(10)3(7)5(11)12/h3-4,9-10H,2,7-8H2,1H3,(H,11,12)/t3-,4-,6+/m1/s1. The molecule has 6 nitrogen and oxygen atoms in total. The number of aliphatic hydroxyl groups excluding tert-OH is 2. The fraction of sp³-hybridized carbons (Fsp3) is 0.833. The Bertz CT molecular complexity index is 171. The Labute approximate surface area is 69.8 Å². The van der Waals surface area contributed by atoms with Gasteiger partial charge in [-0.15, -0.1) is 0 Å². The lowest BCUT2D eigenvalue weighted by atomic mass is 9.92. The molecule has 0 aliphatic carbocycles. The maximum atomic E-state index is 10.3. The lowest BCUT2D eigenvalue weighted by molar-refractivity contribution is -0.142. The summed E-state index contributed by atoms with van der Waals surface area (Å²) in [5.41, 5.74) is 9.04. The van der Waals surface area contributed by atoms with Gasteiger partial charge in [0.2, 0.25) is 0 Å². The molecule has 0 unspecified atom stereocenters. The van der Waals surface area contributed by atoms with Gasteiger partial charge in [-0.3, -0.25) is 4.79 Å². The summed E-state index contributed by atoms with van der Waals surface area (Å²) in [6.45, 7) is 0.787. The molecule has 0 aromatic carbocycles. The molecular weight excluding hydrogens is 164 g/mol. The minimum Gasteiger partial charge on any atom is -0.480 e. The summed E-state index contributed by atoms with van der Waals surface area (Å²) in [6, 6.07) is -1.48. The summed E-state index contributed by atoms with van der Waals surface area (Å²) < 4.78 is 0. The summed E-state index contributed by atoms with van der Waals surface area (Å²) in [5, 5.41) is 26.3. The van der Waals surface area contributed by atoms with Crippen molar-refractivity contribution in [3.05, 3.63) is 0 Å². The minimum absolute atomic E-state index is 0.533. The quantitative estimate of drug-likeness (QED) is 0.322. The summed E-state index contributed by atoms with van der Waals surface area (Å²) in [6.07, 6.45) is -1.47. The first-order valence-electron chi connectivity index (χ1n) is 3.39. The Morgan fingerprint density at radius 1 is 1.67 bits per heavy atom. The van der Waals surface area contributed by atoms with Crippen molar-refractivity contribution in [2.45, 2.75) is 24.6 Å². The number of carboxylic acid groups (broad SMARTS) is 1. The zero-order chi connectivity index (χ0) is 9.94. The average Bonchev–Trinajstić information content (AvgIpc) is 2.01. The molecule has 0 aliphatic rings. The van der Waals surface area contributed by atoms with Crippen molar-refractivity contribution in [3.8, 4) is 0 Å². The highest BCUT2D eigenvalue weighted by molar-refractivity contribution is 5.74. The van der Waals surface area contributed by atoms with E-state index in [1.165, 1.54) is 6.92 Å². The largest absolute Gasteiger partial charge is 0.480 e. The van der Waals surface area contributed by atoms with Crippen LogP contribution in [0.5, 0.6) is 0 Å². The van der Waals surface area contributed by atoms with E-state index in [0.29, 0.717) is 0 Å². The Morgan fingerprint density at radius 3 is 2.33 bits per heavy atom. The summed E-state index contributed by atoms with van der Waals surface area (Å²) in [7, 11) is 0. The Hall–Kier alpha value is -0.690. The summed E-state index contributed by atoms with van der Waals surface area (Å²) >= 11 is 0. The van der Waals surface area contributed by atoms with Gasteiger partial charge in [0, 0.05) is 0 Å². The molecule has 0 fully saturated rings. The maximum absolute atomic E-state index is 10.3. The predicted octanol–water partition coefficient (Wildman–Crippen LogP) is -2.53. The van der Waals surface area contributed by atoms with E-state index in [1.54, 1.807) is 0 Å². The zero-order valence-electron chi connectivity index (χ0n) is 6.77. The fourth-order valence-corrected chi connectivity index (χ4v) is 0.639. The number of aliphatic hydroxyl groups is 2. The smallest absolute Gasteiger partial charge is 0.323 e. The first-order chi connectivity index (χ1) is 5.33. The van der Waals surface area contributed by atoms with Crippen molar-refractivity contribution in [2.75, 3.05) is 6.61 Å². The van der Waals surface area contributed by atoms with Crippen LogP contribution in [0.2, 0.25) is 0 Å². The number of carboxylic acids is 1. The fourth-order valence-electron chi connectivity index (χ4n) is 0.639. The van der Waals surface area contributed by atoms with Gasteiger partial charge in [0.05, 0.1) is 18.2 Å². The molecule has 0 spiro atoms. The topological polar surface area (TPSA) is 130 Å². The molecule has 0 aromatic rings. The van der Waals surface area contributed by atoms with Gasteiger partial charge in [-0.1, -0.05) is 0 Å². The summed E-state index contributed by atoms with van der Waals surface area (Å²) in [5.74, 6) is -1.35. The first kappa shape index (κ1) is 11.3. The van der Waals surface area contributed by atoms with Crippen molar-refractivity contribution >= 4 is 5.97 Å². The van der Waals surface area contributed by atoms with Crippen LogP contribution in [0.1, 0.15) is 6.92 Å². The van der Waals surface area contributed by atoms with Crippen molar-refractivity contribution in [3.63, 3.8) is 0 Å². The molecule has 6 heteroatoms. The normalized spacial score (nSPS) is 21.1. The lowest BCUT2D eigenvalue weighted by Crippen LogP contribution is -2.60. The van der Waals surface area contributed by atoms with Gasteiger partial charge in [-0.2, -0.15) is 0 Å². The van der Waals surface area contributed by atoms with Crippen molar-refractivity contribution < 1.29 is 20.1 Å². The maximum Gasteiger partial charge on any atom is 0.323 e. The molecule has 7 N–H and O–H groups in total. The number of carbonyl (C=O) groups is 1. The molecule has 0 aromatic heterocycles. The number of aliphatic carboxylic acids is 1. The molecule has 0 amide bonds. The molecule has 0 bridgehead atoms. The third-order valence-corrected chi connectivity index (χ3v) is 1.64. The highest BCUT2D eigenvalue weighted by Crippen LogP contribution is 2.08. The van der Waals surface area contributed by atoms with E-state index in [4.69, 9.17) is 21.7 Å². The molecule has 3 atom stereocenters. The number of nitrogens with two attached hydrogens (primary N) is 2. The van der Waals surface area contributed by atoms with E-state index in [9.17, 15) is 9.90 Å². The molecule has 0 radical (unpaired) electrons. The van der Waals surface area contributed by atoms with Gasteiger partial charge in [0.15, 0.2) is 0 Å². The predicted molar refractivity (Wildman–Crippen MR) is 41.3 cm³/mol. The van der Waals surface area contributed by atoms with Crippen molar-refractivity contribution in [2.24, 2.45) is 11.5 Å². The van der Waals surface area contributed by atoms with E-state index in [1.807, 2.05) is 0 Å². The molecule has 0 aliphatic heterocycles. The van der Waals surface area contributed by atoms with E-state index >= 15 is 0 Å². The second-order valence-corrected chi connectivity index (χ2v) is 2.97. The SMILES string of the molecule is C[C@](N)(CO)[C@H](O)[C@@H](N)C(=O)O. The second kappa shape index (κ2) is 3.81. The third-order valence-electron chi connectivity index (χ3n) is 1.64. The van der Waals surface area contributed by atoms with E-state index in [-0.39, 0.29) is 0 Å². The molecule has 0 saturated carbocycles. The van der Waals surface area contributed by atoms with Gasteiger partial charge in [-0.25, -0.2) is 0 Å². The van der Waals surface area contributed by atoms with Crippen LogP contribution in [0.4, 0.5) is 0 Å². The van der Waals surface area contributed by atoms with E-state index in [0.717, 1.165) is 0 Å². The average molecular weight is 178 g/mol. The summed E-state index contributed by atoms with van der Waals surface area (Å²) in [4.78, 5) is 10.3. The van der Waals surface area contributed by atoms with Crippen LogP contribution in [-0.4, -0.2) is 45.6 Å². The van der Waals surface area contributed by atoms with Gasteiger partial charge in [-0.05, 0) is 6.92 Å². The van der Waals surface area contributed by atoms with Crippen LogP contribution < -0.4 is 11.5 Å². The Balaban J connectivity index is 4.37. The van der Waals surface area contributed by atoms with Gasteiger partial charge < -0.3 is 26.8 Å². The molecule has 12 heavy (non-hydrogen) atoms. The number of hydrogen-bond donors (Lipinski definition) is 5. The first-order valence-corrected chi connectivity index (χ1v) is 3.39. The molecule has 72 valence electrons. The van der Waals surface area contributed by atoms with Crippen molar-refractivity contribution in [1.29, 1.82) is 0 Å².